The molecule has 2 nitrogen and oxygen atoms in total. The monoisotopic (exact) mass is 307 g/mol. The Morgan fingerprint density at radius 3 is 2.52 bits per heavy atom. The van der Waals surface area contributed by atoms with Gasteiger partial charge in [-0.1, -0.05) is 0 Å². The van der Waals surface area contributed by atoms with Crippen molar-refractivity contribution in [1.29, 1.82) is 0 Å². The Balaban J connectivity index is 1.49. The Morgan fingerprint density at radius 2 is 1.95 bits per heavy atom. The molecule has 1 amide bonds. The smallest absolute Gasteiger partial charge is 0.223 e. The normalized spacial score (nSPS) is 19.3. The highest BCUT2D eigenvalue weighted by atomic mass is 32.2. The quantitative estimate of drug-likeness (QED) is 0.707. The Kier molecular flexibility index (Phi) is 4.53. The van der Waals surface area contributed by atoms with Crippen LogP contribution in [0.4, 0.5) is 4.39 Å². The van der Waals surface area contributed by atoms with Crippen LogP contribution < -0.4 is 0 Å². The van der Waals surface area contributed by atoms with E-state index in [4.69, 9.17) is 0 Å². The third-order valence-corrected chi connectivity index (χ3v) is 5.38. The minimum absolute atomic E-state index is 0.214. The van der Waals surface area contributed by atoms with Gasteiger partial charge in [-0.25, -0.2) is 4.39 Å². The predicted molar refractivity (Wildman–Crippen MR) is 83.8 cm³/mol. The lowest BCUT2D eigenvalue weighted by Crippen LogP contribution is -2.41. The van der Waals surface area contributed by atoms with Crippen molar-refractivity contribution in [3.05, 3.63) is 30.1 Å². The molecule has 2 aliphatic rings. The molecule has 4 heteroatoms. The van der Waals surface area contributed by atoms with E-state index in [9.17, 15) is 9.18 Å². The summed E-state index contributed by atoms with van der Waals surface area (Å²) < 4.78 is 12.8. The van der Waals surface area contributed by atoms with Gasteiger partial charge in [0, 0.05) is 29.2 Å². The SMILES string of the molecule is CC(C1CC1)N(C(=O)CCSc1ccc(F)cc1)C1CC1. The summed E-state index contributed by atoms with van der Waals surface area (Å²) in [4.78, 5) is 15.7. The van der Waals surface area contributed by atoms with Crippen molar-refractivity contribution in [1.82, 2.24) is 4.90 Å². The Hall–Kier alpha value is -1.03. The molecule has 0 aliphatic heterocycles. The number of rotatable bonds is 7. The van der Waals surface area contributed by atoms with Crippen LogP contribution in [0.2, 0.25) is 0 Å². The van der Waals surface area contributed by atoms with Crippen molar-refractivity contribution >= 4 is 17.7 Å². The number of halogens is 1. The predicted octanol–water partition coefficient (Wildman–Crippen LogP) is 4.10. The van der Waals surface area contributed by atoms with E-state index < -0.39 is 0 Å². The number of benzene rings is 1. The van der Waals surface area contributed by atoms with Gasteiger partial charge in [0.05, 0.1) is 0 Å². The van der Waals surface area contributed by atoms with E-state index in [1.807, 2.05) is 0 Å². The summed E-state index contributed by atoms with van der Waals surface area (Å²) in [5, 5.41) is 0. The molecule has 1 aromatic carbocycles. The zero-order valence-corrected chi connectivity index (χ0v) is 13.2. The maximum Gasteiger partial charge on any atom is 0.223 e. The van der Waals surface area contributed by atoms with Crippen molar-refractivity contribution < 1.29 is 9.18 Å². The fourth-order valence-electron chi connectivity index (χ4n) is 2.84. The van der Waals surface area contributed by atoms with Crippen LogP contribution in [-0.4, -0.2) is 28.6 Å². The Labute approximate surface area is 130 Å². The van der Waals surface area contributed by atoms with Gasteiger partial charge in [-0.15, -0.1) is 11.8 Å². The first-order valence-corrected chi connectivity index (χ1v) is 8.83. The molecule has 0 saturated heterocycles. The number of amides is 1. The molecule has 21 heavy (non-hydrogen) atoms. The van der Waals surface area contributed by atoms with Gasteiger partial charge in [0.25, 0.3) is 0 Å². The van der Waals surface area contributed by atoms with E-state index in [1.165, 1.54) is 37.8 Å². The average Bonchev–Trinajstić information content (AvgIpc) is 3.34. The van der Waals surface area contributed by atoms with Gasteiger partial charge in [0.2, 0.25) is 5.91 Å². The van der Waals surface area contributed by atoms with E-state index in [1.54, 1.807) is 23.9 Å². The lowest BCUT2D eigenvalue weighted by atomic mass is 10.1. The van der Waals surface area contributed by atoms with Crippen LogP contribution >= 0.6 is 11.8 Å². The van der Waals surface area contributed by atoms with E-state index in [0.717, 1.165) is 16.6 Å². The maximum absolute atomic E-state index is 12.8. The number of thioether (sulfide) groups is 1. The second-order valence-electron chi connectivity index (χ2n) is 6.16. The molecule has 0 bridgehead atoms. The topological polar surface area (TPSA) is 20.3 Å². The van der Waals surface area contributed by atoms with E-state index >= 15 is 0 Å². The Bertz CT molecular complexity index is 496. The number of carbonyl (C=O) groups excluding carboxylic acids is 1. The fourth-order valence-corrected chi connectivity index (χ4v) is 3.68. The third kappa shape index (κ3) is 4.00. The van der Waals surface area contributed by atoms with Gasteiger partial charge in [-0.3, -0.25) is 4.79 Å². The summed E-state index contributed by atoms with van der Waals surface area (Å²) in [6.45, 7) is 2.21. The molecular formula is C17H22FNOS. The summed E-state index contributed by atoms with van der Waals surface area (Å²) in [6.07, 6.45) is 5.49. The van der Waals surface area contributed by atoms with Crippen molar-refractivity contribution in [3.63, 3.8) is 0 Å². The highest BCUT2D eigenvalue weighted by Gasteiger charge is 2.41. The zero-order valence-electron chi connectivity index (χ0n) is 12.4. The molecule has 1 aromatic rings. The molecule has 2 aliphatic carbocycles. The van der Waals surface area contributed by atoms with Gasteiger partial charge in [-0.05, 0) is 62.8 Å². The van der Waals surface area contributed by atoms with Crippen LogP contribution in [0.5, 0.6) is 0 Å². The molecule has 0 heterocycles. The number of hydrogen-bond donors (Lipinski definition) is 0. The molecule has 2 fully saturated rings. The molecule has 0 N–H and O–H groups in total. The van der Waals surface area contributed by atoms with Gasteiger partial charge >= 0.3 is 0 Å². The van der Waals surface area contributed by atoms with Crippen LogP contribution in [0.3, 0.4) is 0 Å². The summed E-state index contributed by atoms with van der Waals surface area (Å²) in [7, 11) is 0. The van der Waals surface area contributed by atoms with Crippen molar-refractivity contribution in [3.8, 4) is 0 Å². The summed E-state index contributed by atoms with van der Waals surface area (Å²) in [5.74, 6) is 1.59. The highest BCUT2D eigenvalue weighted by Crippen LogP contribution is 2.40. The van der Waals surface area contributed by atoms with E-state index in [0.29, 0.717) is 24.4 Å². The van der Waals surface area contributed by atoms with Crippen molar-refractivity contribution in [2.24, 2.45) is 5.92 Å². The minimum atomic E-state index is -0.214. The molecule has 2 saturated carbocycles. The third-order valence-electron chi connectivity index (χ3n) is 4.37. The summed E-state index contributed by atoms with van der Waals surface area (Å²) >= 11 is 1.63. The van der Waals surface area contributed by atoms with E-state index in [-0.39, 0.29) is 5.82 Å². The number of carbonyl (C=O) groups is 1. The molecule has 1 unspecified atom stereocenters. The molecular weight excluding hydrogens is 285 g/mol. The molecule has 0 aromatic heterocycles. The fraction of sp³-hybridized carbons (Fsp3) is 0.588. The van der Waals surface area contributed by atoms with Gasteiger partial charge < -0.3 is 4.90 Å². The molecule has 3 rings (SSSR count). The highest BCUT2D eigenvalue weighted by molar-refractivity contribution is 7.99. The van der Waals surface area contributed by atoms with Gasteiger partial charge in [0.1, 0.15) is 5.82 Å². The minimum Gasteiger partial charge on any atom is -0.337 e. The molecule has 1 atom stereocenters. The molecule has 0 radical (unpaired) electrons. The van der Waals surface area contributed by atoms with Crippen LogP contribution in [0.25, 0.3) is 0 Å². The largest absolute Gasteiger partial charge is 0.337 e. The van der Waals surface area contributed by atoms with Crippen LogP contribution in [0.1, 0.15) is 39.0 Å². The second kappa shape index (κ2) is 6.39. The first-order valence-electron chi connectivity index (χ1n) is 7.84. The van der Waals surface area contributed by atoms with Gasteiger partial charge in [0.15, 0.2) is 0 Å². The van der Waals surface area contributed by atoms with Crippen LogP contribution in [-0.2, 0) is 4.79 Å². The second-order valence-corrected chi connectivity index (χ2v) is 7.33. The zero-order chi connectivity index (χ0) is 14.8. The lowest BCUT2D eigenvalue weighted by molar-refractivity contribution is -0.133. The first kappa shape index (κ1) is 14.9. The van der Waals surface area contributed by atoms with Gasteiger partial charge in [-0.2, -0.15) is 0 Å². The standard InChI is InChI=1S/C17H22FNOS/c1-12(13-2-3-13)19(15-6-7-15)17(20)10-11-21-16-8-4-14(18)5-9-16/h4-5,8-9,12-13,15H,2-3,6-7,10-11H2,1H3. The Morgan fingerprint density at radius 1 is 1.29 bits per heavy atom. The van der Waals surface area contributed by atoms with Crippen molar-refractivity contribution in [2.75, 3.05) is 5.75 Å². The summed E-state index contributed by atoms with van der Waals surface area (Å²) in [6, 6.07) is 7.40. The number of hydrogen-bond acceptors (Lipinski definition) is 2. The number of nitrogens with zero attached hydrogens (tertiary/aromatic N) is 1. The molecule has 0 spiro atoms. The van der Waals surface area contributed by atoms with E-state index in [2.05, 4.69) is 11.8 Å². The molecule has 114 valence electrons. The lowest BCUT2D eigenvalue weighted by Gasteiger charge is -2.29. The maximum atomic E-state index is 12.8. The average molecular weight is 307 g/mol. The van der Waals surface area contributed by atoms with Crippen LogP contribution in [0.15, 0.2) is 29.2 Å². The van der Waals surface area contributed by atoms with Crippen LogP contribution in [0, 0.1) is 11.7 Å². The summed E-state index contributed by atoms with van der Waals surface area (Å²) in [5.41, 5.74) is 0. The van der Waals surface area contributed by atoms with Crippen molar-refractivity contribution in [2.45, 2.75) is 56.0 Å². The first-order chi connectivity index (χ1) is 10.1.